The van der Waals surface area contributed by atoms with Gasteiger partial charge < -0.3 is 4.90 Å². The molecule has 0 aliphatic carbocycles. The van der Waals surface area contributed by atoms with Crippen molar-refractivity contribution in [3.8, 4) is 0 Å². The molecule has 3 aromatic rings. The third kappa shape index (κ3) is 3.52. The molecule has 1 aliphatic heterocycles. The van der Waals surface area contributed by atoms with E-state index in [2.05, 4.69) is 36.9 Å². The molecule has 0 atom stereocenters. The summed E-state index contributed by atoms with van der Waals surface area (Å²) in [6.07, 6.45) is 5.40. The van der Waals surface area contributed by atoms with E-state index in [0.717, 1.165) is 52.0 Å². The van der Waals surface area contributed by atoms with Gasteiger partial charge in [-0.3, -0.25) is 4.79 Å². The van der Waals surface area contributed by atoms with Crippen LogP contribution < -0.4 is 4.90 Å². The summed E-state index contributed by atoms with van der Waals surface area (Å²) in [5.41, 5.74) is 0.944. The second kappa shape index (κ2) is 7.66. The Morgan fingerprint density at radius 2 is 2.04 bits per heavy atom. The van der Waals surface area contributed by atoms with Crippen molar-refractivity contribution in [2.24, 2.45) is 5.92 Å². The fourth-order valence-corrected chi connectivity index (χ4v) is 5.31. The molecule has 26 heavy (non-hydrogen) atoms. The van der Waals surface area contributed by atoms with Gasteiger partial charge in [0.05, 0.1) is 14.6 Å². The number of carbonyl (C=O) groups is 1. The van der Waals surface area contributed by atoms with Gasteiger partial charge >= 0.3 is 0 Å². The van der Waals surface area contributed by atoms with Crippen molar-refractivity contribution in [2.45, 2.75) is 17.1 Å². The number of thiophene rings is 1. The molecule has 0 radical (unpaired) electrons. The molecule has 0 N–H and O–H groups in total. The van der Waals surface area contributed by atoms with Crippen molar-refractivity contribution >= 4 is 61.5 Å². The molecule has 4 nitrogen and oxygen atoms in total. The molecule has 0 saturated carbocycles. The third-order valence-corrected chi connectivity index (χ3v) is 7.44. The SMILES string of the molecule is CSc1ccc(C(=O)C2CCN(c3ncnc4ccc(Br)cc34)CC2)s1. The summed E-state index contributed by atoms with van der Waals surface area (Å²) in [5.74, 6) is 1.37. The van der Waals surface area contributed by atoms with Crippen molar-refractivity contribution in [1.82, 2.24) is 9.97 Å². The number of nitrogens with zero attached hydrogens (tertiary/aromatic N) is 3. The van der Waals surface area contributed by atoms with Crippen LogP contribution in [0.5, 0.6) is 0 Å². The first-order chi connectivity index (χ1) is 12.7. The number of fused-ring (bicyclic) bond motifs is 1. The number of Topliss-reactive ketones (excluding diaryl/α,β-unsaturated/α-hetero) is 1. The molecule has 1 fully saturated rings. The van der Waals surface area contributed by atoms with Gasteiger partial charge in [-0.2, -0.15) is 0 Å². The van der Waals surface area contributed by atoms with Crippen LogP contribution in [0, 0.1) is 5.92 Å². The second-order valence-corrected chi connectivity index (χ2v) is 9.41. The van der Waals surface area contributed by atoms with Crippen LogP contribution in [0.1, 0.15) is 22.5 Å². The Morgan fingerprint density at radius 1 is 1.23 bits per heavy atom. The van der Waals surface area contributed by atoms with Crippen molar-refractivity contribution < 1.29 is 4.79 Å². The molecular weight excluding hydrogens is 430 g/mol. The van der Waals surface area contributed by atoms with Crippen LogP contribution in [-0.4, -0.2) is 35.1 Å². The predicted octanol–water partition coefficient (Wildman–Crippen LogP) is 5.28. The van der Waals surface area contributed by atoms with Gasteiger partial charge in [0.25, 0.3) is 0 Å². The number of carbonyl (C=O) groups excluding carboxylic acids is 1. The minimum atomic E-state index is 0.111. The number of hydrogen-bond acceptors (Lipinski definition) is 6. The molecule has 3 heterocycles. The van der Waals surface area contributed by atoms with Gasteiger partial charge in [-0.1, -0.05) is 15.9 Å². The Morgan fingerprint density at radius 3 is 2.77 bits per heavy atom. The molecule has 1 aromatic carbocycles. The number of halogens is 1. The molecule has 0 bridgehead atoms. The Labute approximate surface area is 169 Å². The average Bonchev–Trinajstić information content (AvgIpc) is 3.16. The number of rotatable bonds is 4. The monoisotopic (exact) mass is 447 g/mol. The molecule has 1 aliphatic rings. The fourth-order valence-electron chi connectivity index (χ4n) is 3.38. The average molecular weight is 448 g/mol. The number of piperidine rings is 1. The summed E-state index contributed by atoms with van der Waals surface area (Å²) in [5, 5.41) is 1.05. The highest BCUT2D eigenvalue weighted by molar-refractivity contribution is 9.10. The van der Waals surface area contributed by atoms with Gasteiger partial charge in [-0.15, -0.1) is 23.1 Å². The lowest BCUT2D eigenvalue weighted by Crippen LogP contribution is -2.36. The van der Waals surface area contributed by atoms with Crippen LogP contribution in [0.4, 0.5) is 5.82 Å². The highest BCUT2D eigenvalue weighted by atomic mass is 79.9. The summed E-state index contributed by atoms with van der Waals surface area (Å²) in [6, 6.07) is 10.1. The Kier molecular flexibility index (Phi) is 5.29. The zero-order valence-electron chi connectivity index (χ0n) is 14.3. The van der Waals surface area contributed by atoms with E-state index in [1.54, 1.807) is 29.4 Å². The van der Waals surface area contributed by atoms with Gasteiger partial charge in [-0.05, 0) is 49.4 Å². The first kappa shape index (κ1) is 17.9. The summed E-state index contributed by atoms with van der Waals surface area (Å²) >= 11 is 6.84. The fraction of sp³-hybridized carbons (Fsp3) is 0.316. The van der Waals surface area contributed by atoms with Crippen LogP contribution in [-0.2, 0) is 0 Å². The summed E-state index contributed by atoms with van der Waals surface area (Å²) < 4.78 is 2.22. The van der Waals surface area contributed by atoms with Crippen LogP contribution in [0.2, 0.25) is 0 Å². The standard InChI is InChI=1S/C19H18BrN3OS2/c1-25-17-5-4-16(26-17)18(24)12-6-8-23(9-7-12)19-14-10-13(20)2-3-15(14)21-11-22-19/h2-5,10-12H,6-9H2,1H3. The van der Waals surface area contributed by atoms with Crippen molar-refractivity contribution in [3.63, 3.8) is 0 Å². The topological polar surface area (TPSA) is 46.1 Å². The quantitative estimate of drug-likeness (QED) is 0.402. The summed E-state index contributed by atoms with van der Waals surface area (Å²) in [4.78, 5) is 24.8. The van der Waals surface area contributed by atoms with Crippen molar-refractivity contribution in [3.05, 3.63) is 46.0 Å². The van der Waals surface area contributed by atoms with Gasteiger partial charge in [-0.25, -0.2) is 9.97 Å². The highest BCUT2D eigenvalue weighted by Crippen LogP contribution is 2.32. The molecule has 134 valence electrons. The van der Waals surface area contributed by atoms with Crippen LogP contribution >= 0.6 is 39.0 Å². The lowest BCUT2D eigenvalue weighted by molar-refractivity contribution is 0.0904. The van der Waals surface area contributed by atoms with E-state index in [9.17, 15) is 4.79 Å². The lowest BCUT2D eigenvalue weighted by atomic mass is 9.91. The Balaban J connectivity index is 1.50. The zero-order chi connectivity index (χ0) is 18.1. The number of thioether (sulfide) groups is 1. The van der Waals surface area contributed by atoms with Crippen LogP contribution in [0.15, 0.2) is 45.3 Å². The van der Waals surface area contributed by atoms with Crippen molar-refractivity contribution in [2.75, 3.05) is 24.2 Å². The van der Waals surface area contributed by atoms with Gasteiger partial charge in [0.1, 0.15) is 12.1 Å². The Hall–Kier alpha value is -1.44. The number of aromatic nitrogens is 2. The maximum Gasteiger partial charge on any atom is 0.176 e. The number of hydrogen-bond donors (Lipinski definition) is 0. The van der Waals surface area contributed by atoms with Crippen LogP contribution in [0.25, 0.3) is 10.9 Å². The van der Waals surface area contributed by atoms with E-state index in [-0.39, 0.29) is 5.92 Å². The normalized spacial score (nSPS) is 15.5. The van der Waals surface area contributed by atoms with E-state index in [4.69, 9.17) is 0 Å². The smallest absolute Gasteiger partial charge is 0.176 e. The van der Waals surface area contributed by atoms with E-state index in [0.29, 0.717) is 5.78 Å². The molecule has 0 unspecified atom stereocenters. The van der Waals surface area contributed by atoms with E-state index in [1.807, 2.05) is 30.5 Å². The first-order valence-corrected chi connectivity index (χ1v) is 11.3. The van der Waals surface area contributed by atoms with E-state index < -0.39 is 0 Å². The zero-order valence-corrected chi connectivity index (χ0v) is 17.5. The predicted molar refractivity (Wildman–Crippen MR) is 113 cm³/mol. The minimum Gasteiger partial charge on any atom is -0.356 e. The molecular formula is C19H18BrN3OS2. The molecule has 4 rings (SSSR count). The largest absolute Gasteiger partial charge is 0.356 e. The van der Waals surface area contributed by atoms with Gasteiger partial charge in [0.2, 0.25) is 0 Å². The van der Waals surface area contributed by atoms with Crippen molar-refractivity contribution in [1.29, 1.82) is 0 Å². The molecule has 7 heteroatoms. The number of benzene rings is 1. The van der Waals surface area contributed by atoms with Gasteiger partial charge in [0, 0.05) is 28.9 Å². The molecule has 0 spiro atoms. The van der Waals surface area contributed by atoms with Gasteiger partial charge in [0.15, 0.2) is 5.78 Å². The number of ketones is 1. The van der Waals surface area contributed by atoms with E-state index >= 15 is 0 Å². The maximum atomic E-state index is 12.8. The van der Waals surface area contributed by atoms with Crippen LogP contribution in [0.3, 0.4) is 0 Å². The lowest BCUT2D eigenvalue weighted by Gasteiger charge is -2.32. The molecule has 2 aromatic heterocycles. The third-order valence-electron chi connectivity index (χ3n) is 4.77. The maximum absolute atomic E-state index is 12.8. The Bertz CT molecular complexity index is 951. The second-order valence-electron chi connectivity index (χ2n) is 6.31. The molecule has 0 amide bonds. The highest BCUT2D eigenvalue weighted by Gasteiger charge is 2.28. The summed E-state index contributed by atoms with van der Waals surface area (Å²) in [7, 11) is 0. The molecule has 1 saturated heterocycles. The first-order valence-electron chi connectivity index (χ1n) is 8.49. The van der Waals surface area contributed by atoms with E-state index in [1.165, 1.54) is 4.21 Å². The summed E-state index contributed by atoms with van der Waals surface area (Å²) in [6.45, 7) is 1.69. The minimum absolute atomic E-state index is 0.111. The number of anilines is 1.